The largest absolute Gasteiger partial charge is 0.338 e. The molecule has 3 rings (SSSR count). The Morgan fingerprint density at radius 2 is 1.85 bits per heavy atom. The summed E-state index contributed by atoms with van der Waals surface area (Å²) < 4.78 is 5.28. The van der Waals surface area contributed by atoms with Crippen LogP contribution in [0.4, 0.5) is 0 Å². The minimum absolute atomic E-state index is 0.778. The normalized spacial score (nSPS) is 22.6. The van der Waals surface area contributed by atoms with Gasteiger partial charge in [0.15, 0.2) is 5.82 Å². The van der Waals surface area contributed by atoms with Crippen molar-refractivity contribution in [3.63, 3.8) is 0 Å². The van der Waals surface area contributed by atoms with Gasteiger partial charge in [-0.2, -0.15) is 4.98 Å². The number of hydrogen-bond donors (Lipinski definition) is 0. The van der Waals surface area contributed by atoms with Gasteiger partial charge >= 0.3 is 0 Å². The number of rotatable bonds is 5. The van der Waals surface area contributed by atoms with Crippen molar-refractivity contribution < 1.29 is 4.52 Å². The second kappa shape index (κ2) is 6.68. The van der Waals surface area contributed by atoms with Crippen molar-refractivity contribution in [1.29, 1.82) is 0 Å². The van der Waals surface area contributed by atoms with E-state index in [1.54, 1.807) is 0 Å². The van der Waals surface area contributed by atoms with Crippen LogP contribution in [-0.2, 0) is 13.0 Å². The molecule has 3 heterocycles. The van der Waals surface area contributed by atoms with Crippen molar-refractivity contribution in [2.24, 2.45) is 5.92 Å². The maximum atomic E-state index is 5.28. The van der Waals surface area contributed by atoms with Crippen molar-refractivity contribution >= 4 is 0 Å². The van der Waals surface area contributed by atoms with Gasteiger partial charge in [-0.15, -0.1) is 0 Å². The van der Waals surface area contributed by atoms with Crippen LogP contribution in [0.1, 0.15) is 44.3 Å². The summed E-state index contributed by atoms with van der Waals surface area (Å²) in [6, 6.07) is 0. The summed E-state index contributed by atoms with van der Waals surface area (Å²) in [5, 5.41) is 3.96. The van der Waals surface area contributed by atoms with Gasteiger partial charge in [0.25, 0.3) is 0 Å². The molecular weight excluding hydrogens is 252 g/mol. The van der Waals surface area contributed by atoms with Crippen LogP contribution < -0.4 is 0 Å². The molecule has 0 bridgehead atoms. The summed E-state index contributed by atoms with van der Waals surface area (Å²) >= 11 is 0. The second-order valence-corrected chi connectivity index (χ2v) is 6.19. The number of likely N-dealkylation sites (tertiary alicyclic amines) is 2. The predicted molar refractivity (Wildman–Crippen MR) is 77.4 cm³/mol. The van der Waals surface area contributed by atoms with E-state index in [9.17, 15) is 0 Å². The van der Waals surface area contributed by atoms with E-state index in [0.29, 0.717) is 0 Å². The summed E-state index contributed by atoms with van der Waals surface area (Å²) in [5.41, 5.74) is 0. The first kappa shape index (κ1) is 14.0. The number of hydrogen-bond acceptors (Lipinski definition) is 5. The molecule has 20 heavy (non-hydrogen) atoms. The Balaban J connectivity index is 1.41. The van der Waals surface area contributed by atoms with Gasteiger partial charge in [0.2, 0.25) is 5.89 Å². The lowest BCUT2D eigenvalue weighted by Crippen LogP contribution is -2.37. The molecule has 1 aromatic rings. The number of piperidine rings is 1. The topological polar surface area (TPSA) is 45.4 Å². The minimum Gasteiger partial charge on any atom is -0.338 e. The quantitative estimate of drug-likeness (QED) is 0.823. The second-order valence-electron chi connectivity index (χ2n) is 6.19. The van der Waals surface area contributed by atoms with Gasteiger partial charge in [-0.25, -0.2) is 0 Å². The fourth-order valence-corrected chi connectivity index (χ4v) is 3.35. The van der Waals surface area contributed by atoms with Crippen LogP contribution in [-0.4, -0.2) is 52.7 Å². The SMILES string of the molecule is CCc1noc(CN2CCC(CN3CCCC3)CC2)n1. The van der Waals surface area contributed by atoms with E-state index < -0.39 is 0 Å². The highest BCUT2D eigenvalue weighted by Crippen LogP contribution is 2.21. The van der Waals surface area contributed by atoms with E-state index >= 15 is 0 Å². The van der Waals surface area contributed by atoms with Crippen LogP contribution >= 0.6 is 0 Å². The average Bonchev–Trinajstić information content (AvgIpc) is 3.12. The predicted octanol–water partition coefficient (Wildman–Crippen LogP) is 1.94. The highest BCUT2D eigenvalue weighted by molar-refractivity contribution is 4.87. The van der Waals surface area contributed by atoms with Crippen LogP contribution in [0.5, 0.6) is 0 Å². The molecule has 0 spiro atoms. The molecular formula is C15H26N4O. The fraction of sp³-hybridized carbons (Fsp3) is 0.867. The smallest absolute Gasteiger partial charge is 0.240 e. The Labute approximate surface area is 121 Å². The molecule has 5 nitrogen and oxygen atoms in total. The molecule has 112 valence electrons. The molecule has 2 fully saturated rings. The maximum Gasteiger partial charge on any atom is 0.240 e. The fourth-order valence-electron chi connectivity index (χ4n) is 3.35. The van der Waals surface area contributed by atoms with E-state index in [4.69, 9.17) is 4.52 Å². The van der Waals surface area contributed by atoms with Crippen LogP contribution in [0.25, 0.3) is 0 Å². The van der Waals surface area contributed by atoms with Crippen molar-refractivity contribution in [1.82, 2.24) is 19.9 Å². The van der Waals surface area contributed by atoms with Crippen molar-refractivity contribution in [3.05, 3.63) is 11.7 Å². The molecule has 0 atom stereocenters. The molecule has 0 aromatic carbocycles. The zero-order valence-electron chi connectivity index (χ0n) is 12.6. The van der Waals surface area contributed by atoms with Gasteiger partial charge in [0, 0.05) is 13.0 Å². The summed E-state index contributed by atoms with van der Waals surface area (Å²) in [7, 11) is 0. The average molecular weight is 278 g/mol. The molecule has 0 radical (unpaired) electrons. The molecule has 0 amide bonds. The number of nitrogens with zero attached hydrogens (tertiary/aromatic N) is 4. The molecule has 2 aliphatic rings. The third-order valence-corrected chi connectivity index (χ3v) is 4.61. The van der Waals surface area contributed by atoms with E-state index in [2.05, 4.69) is 26.9 Å². The number of aromatic nitrogens is 2. The molecule has 0 unspecified atom stereocenters. The molecule has 2 aliphatic heterocycles. The lowest BCUT2D eigenvalue weighted by atomic mass is 9.96. The van der Waals surface area contributed by atoms with E-state index in [-0.39, 0.29) is 0 Å². The first-order chi connectivity index (χ1) is 9.83. The standard InChI is InChI=1S/C15H26N4O/c1-2-14-16-15(20-17-14)12-19-9-5-13(6-10-19)11-18-7-3-4-8-18/h13H,2-12H2,1H3. The Morgan fingerprint density at radius 3 is 2.50 bits per heavy atom. The van der Waals surface area contributed by atoms with Gasteiger partial charge in [-0.1, -0.05) is 12.1 Å². The van der Waals surface area contributed by atoms with Crippen LogP contribution in [0.3, 0.4) is 0 Å². The van der Waals surface area contributed by atoms with Crippen LogP contribution in [0, 0.1) is 5.92 Å². The summed E-state index contributed by atoms with van der Waals surface area (Å²) in [6.45, 7) is 9.17. The third-order valence-electron chi connectivity index (χ3n) is 4.61. The lowest BCUT2D eigenvalue weighted by Gasteiger charge is -2.33. The van der Waals surface area contributed by atoms with E-state index in [1.165, 1.54) is 58.4 Å². The first-order valence-electron chi connectivity index (χ1n) is 8.09. The molecule has 5 heteroatoms. The zero-order valence-corrected chi connectivity index (χ0v) is 12.6. The minimum atomic E-state index is 0.778. The Hall–Kier alpha value is -0.940. The van der Waals surface area contributed by atoms with Crippen molar-refractivity contribution in [3.8, 4) is 0 Å². The van der Waals surface area contributed by atoms with Gasteiger partial charge < -0.3 is 9.42 Å². The zero-order chi connectivity index (χ0) is 13.8. The van der Waals surface area contributed by atoms with Crippen molar-refractivity contribution in [2.45, 2.75) is 45.6 Å². The van der Waals surface area contributed by atoms with Gasteiger partial charge in [0.1, 0.15) is 0 Å². The Bertz CT molecular complexity index is 406. The van der Waals surface area contributed by atoms with E-state index in [0.717, 1.165) is 30.6 Å². The number of aryl methyl sites for hydroxylation is 1. The van der Waals surface area contributed by atoms with Crippen LogP contribution in [0.2, 0.25) is 0 Å². The lowest BCUT2D eigenvalue weighted by molar-refractivity contribution is 0.137. The van der Waals surface area contributed by atoms with E-state index in [1.807, 2.05) is 0 Å². The van der Waals surface area contributed by atoms with Gasteiger partial charge in [-0.3, -0.25) is 4.90 Å². The van der Waals surface area contributed by atoms with Crippen LogP contribution in [0.15, 0.2) is 4.52 Å². The molecule has 2 saturated heterocycles. The highest BCUT2D eigenvalue weighted by atomic mass is 16.5. The first-order valence-corrected chi connectivity index (χ1v) is 8.09. The van der Waals surface area contributed by atoms with Crippen molar-refractivity contribution in [2.75, 3.05) is 32.7 Å². The van der Waals surface area contributed by atoms with Gasteiger partial charge in [0.05, 0.1) is 6.54 Å². The molecule has 1 aromatic heterocycles. The summed E-state index contributed by atoms with van der Waals surface area (Å²) in [4.78, 5) is 9.49. The third kappa shape index (κ3) is 3.58. The monoisotopic (exact) mass is 278 g/mol. The Morgan fingerprint density at radius 1 is 1.10 bits per heavy atom. The highest BCUT2D eigenvalue weighted by Gasteiger charge is 2.23. The Kier molecular flexibility index (Phi) is 4.68. The molecule has 0 aliphatic carbocycles. The maximum absolute atomic E-state index is 5.28. The summed E-state index contributed by atoms with van der Waals surface area (Å²) in [6.07, 6.45) is 6.27. The molecule has 0 saturated carbocycles. The molecule has 0 N–H and O–H groups in total. The summed E-state index contributed by atoms with van der Waals surface area (Å²) in [5.74, 6) is 2.49. The van der Waals surface area contributed by atoms with Gasteiger partial charge in [-0.05, 0) is 57.8 Å².